The zero-order valence-electron chi connectivity index (χ0n) is 22.2. The van der Waals surface area contributed by atoms with Gasteiger partial charge in [0.15, 0.2) is 0 Å². The lowest BCUT2D eigenvalue weighted by Crippen LogP contribution is -2.20. The second kappa shape index (κ2) is 11.3. The average molecular weight is 545 g/mol. The zero-order valence-corrected chi connectivity index (χ0v) is 22.2. The molecule has 0 spiro atoms. The molecule has 40 heavy (non-hydrogen) atoms. The maximum atomic E-state index is 13.2. The molecule has 0 atom stereocenters. The summed E-state index contributed by atoms with van der Waals surface area (Å²) in [7, 11) is 1.48. The van der Waals surface area contributed by atoms with Crippen LogP contribution in [0.2, 0.25) is 0 Å². The van der Waals surface area contributed by atoms with Gasteiger partial charge in [-0.3, -0.25) is 19.6 Å². The lowest BCUT2D eigenvalue weighted by molar-refractivity contribution is 0.0995. The molecule has 0 fully saturated rings. The van der Waals surface area contributed by atoms with Crippen LogP contribution in [0.15, 0.2) is 52.9 Å². The number of methoxy groups -OCH3 is 1. The lowest BCUT2D eigenvalue weighted by Gasteiger charge is -2.12. The Morgan fingerprint density at radius 2 is 1.93 bits per heavy atom. The van der Waals surface area contributed by atoms with Crippen molar-refractivity contribution in [2.24, 2.45) is 5.73 Å². The summed E-state index contributed by atoms with van der Waals surface area (Å²) in [5.41, 5.74) is 8.79. The third-order valence-corrected chi connectivity index (χ3v) is 6.17. The minimum absolute atomic E-state index is 0.0507. The highest BCUT2D eigenvalue weighted by molar-refractivity contribution is 6.04. The molecule has 0 saturated heterocycles. The Kier molecular flexibility index (Phi) is 7.44. The monoisotopic (exact) mass is 544 g/mol. The van der Waals surface area contributed by atoms with Gasteiger partial charge < -0.3 is 24.2 Å². The highest BCUT2D eigenvalue weighted by Crippen LogP contribution is 2.31. The van der Waals surface area contributed by atoms with Gasteiger partial charge in [0.2, 0.25) is 17.7 Å². The molecule has 2 aromatic carbocycles. The minimum Gasteiger partial charge on any atom is -0.494 e. The van der Waals surface area contributed by atoms with Gasteiger partial charge in [-0.05, 0) is 37.6 Å². The van der Waals surface area contributed by atoms with Crippen LogP contribution in [0.5, 0.6) is 11.8 Å². The van der Waals surface area contributed by atoms with Crippen LogP contribution in [0.3, 0.4) is 0 Å². The number of rotatable bonds is 11. The lowest BCUT2D eigenvalue weighted by atomic mass is 10.1. The van der Waals surface area contributed by atoms with Crippen LogP contribution in [0, 0.1) is 6.92 Å². The third kappa shape index (κ3) is 5.48. The van der Waals surface area contributed by atoms with Crippen molar-refractivity contribution in [1.29, 1.82) is 0 Å². The van der Waals surface area contributed by atoms with Crippen LogP contribution < -0.4 is 20.5 Å². The third-order valence-electron chi connectivity index (χ3n) is 6.17. The number of hydrogen-bond acceptors (Lipinski definition) is 9. The van der Waals surface area contributed by atoms with Crippen molar-refractivity contribution in [3.8, 4) is 11.8 Å². The van der Waals surface area contributed by atoms with Crippen LogP contribution in [0.25, 0.3) is 11.0 Å². The molecule has 0 aliphatic heterocycles. The predicted molar refractivity (Wildman–Crippen MR) is 144 cm³/mol. The molecule has 3 N–H and O–H groups in total. The number of primary amides is 1. The topological polar surface area (TPSA) is 165 Å². The van der Waals surface area contributed by atoms with Gasteiger partial charge in [-0.15, -0.1) is 5.10 Å². The molecule has 206 valence electrons. The van der Waals surface area contributed by atoms with Gasteiger partial charge in [0.05, 0.1) is 18.3 Å². The molecule has 5 rings (SSSR count). The van der Waals surface area contributed by atoms with Gasteiger partial charge in [-0.25, -0.2) is 4.98 Å². The number of nitrogens with two attached hydrogens (primary N) is 1. The van der Waals surface area contributed by atoms with Crippen molar-refractivity contribution in [2.45, 2.75) is 40.0 Å². The number of aryl methyl sites for hydroxylation is 4. The van der Waals surface area contributed by atoms with E-state index in [0.29, 0.717) is 41.3 Å². The number of aromatic nitrogens is 6. The standard InChI is InChI=1S/C27H28N8O5/c1-4-35-20(12-16(2)33-35)25(37)30-26-29-19-13-18(24(28)36)14-21(38-3)23(19)34(26)11-10-22-31-32-27(40-22)39-15-17-8-6-5-7-9-17/h5-9,12-14H,4,10-11,15H2,1-3H3,(H2,28,36)(H,29,30,37). The molecule has 0 unspecified atom stereocenters. The Bertz CT molecular complexity index is 1670. The van der Waals surface area contributed by atoms with E-state index in [1.54, 1.807) is 21.4 Å². The van der Waals surface area contributed by atoms with Crippen molar-refractivity contribution in [1.82, 2.24) is 29.5 Å². The number of carbonyl (C=O) groups is 2. The number of ether oxygens (including phenoxy) is 2. The van der Waals surface area contributed by atoms with E-state index >= 15 is 0 Å². The number of imidazole rings is 1. The molecule has 3 aromatic heterocycles. The van der Waals surface area contributed by atoms with Crippen LogP contribution in [0.4, 0.5) is 5.95 Å². The fourth-order valence-electron chi connectivity index (χ4n) is 4.30. The first kappa shape index (κ1) is 26.4. The maximum absolute atomic E-state index is 13.2. The number of nitrogens with one attached hydrogen (secondary N) is 1. The van der Waals surface area contributed by atoms with Crippen molar-refractivity contribution < 1.29 is 23.5 Å². The number of fused-ring (bicyclic) bond motifs is 1. The number of nitrogens with zero attached hydrogens (tertiary/aromatic N) is 6. The smallest absolute Gasteiger partial charge is 0.414 e. The summed E-state index contributed by atoms with van der Waals surface area (Å²) in [4.78, 5) is 29.7. The van der Waals surface area contributed by atoms with E-state index in [1.165, 1.54) is 13.2 Å². The number of benzene rings is 2. The first-order valence-electron chi connectivity index (χ1n) is 12.6. The van der Waals surface area contributed by atoms with E-state index in [0.717, 1.165) is 11.3 Å². The molecule has 0 radical (unpaired) electrons. The number of amides is 2. The van der Waals surface area contributed by atoms with Crippen molar-refractivity contribution in [2.75, 3.05) is 12.4 Å². The quantitative estimate of drug-likeness (QED) is 0.254. The molecular formula is C27H28N8O5. The second-order valence-corrected chi connectivity index (χ2v) is 8.92. The molecule has 0 saturated carbocycles. The normalized spacial score (nSPS) is 11.1. The fourth-order valence-corrected chi connectivity index (χ4v) is 4.30. The summed E-state index contributed by atoms with van der Waals surface area (Å²) >= 11 is 0. The van der Waals surface area contributed by atoms with Gasteiger partial charge in [-0.1, -0.05) is 35.4 Å². The van der Waals surface area contributed by atoms with Crippen molar-refractivity contribution >= 4 is 28.8 Å². The molecule has 5 aromatic rings. The molecular weight excluding hydrogens is 516 g/mol. The SMILES string of the molecule is CCn1nc(C)cc1C(=O)Nc1nc2cc(C(N)=O)cc(OC)c2n1CCc1nnc(OCc2ccccc2)o1. The number of carbonyl (C=O) groups excluding carboxylic acids is 2. The summed E-state index contributed by atoms with van der Waals surface area (Å²) in [6.45, 7) is 4.81. The van der Waals surface area contributed by atoms with Gasteiger partial charge >= 0.3 is 6.08 Å². The zero-order chi connectivity index (χ0) is 28.2. The summed E-state index contributed by atoms with van der Waals surface area (Å²) in [5, 5.41) is 15.3. The predicted octanol–water partition coefficient (Wildman–Crippen LogP) is 3.13. The molecule has 2 amide bonds. The van der Waals surface area contributed by atoms with Gasteiger partial charge in [0.25, 0.3) is 5.91 Å². The Morgan fingerprint density at radius 3 is 2.65 bits per heavy atom. The van der Waals surface area contributed by atoms with Gasteiger partial charge in [0.1, 0.15) is 23.6 Å². The molecule has 0 aliphatic rings. The minimum atomic E-state index is -0.628. The maximum Gasteiger partial charge on any atom is 0.414 e. The van der Waals surface area contributed by atoms with Gasteiger partial charge in [0, 0.05) is 25.1 Å². The Morgan fingerprint density at radius 1 is 1.12 bits per heavy atom. The Labute approximate surface area is 228 Å². The average Bonchev–Trinajstić information content (AvgIpc) is 3.67. The van der Waals surface area contributed by atoms with E-state index in [1.807, 2.05) is 44.2 Å². The van der Waals surface area contributed by atoms with Gasteiger partial charge in [-0.2, -0.15) is 5.10 Å². The van der Waals surface area contributed by atoms with E-state index in [2.05, 4.69) is 25.6 Å². The molecule has 13 nitrogen and oxygen atoms in total. The summed E-state index contributed by atoms with van der Waals surface area (Å²) in [5.74, 6) is -0.0821. The summed E-state index contributed by atoms with van der Waals surface area (Å²) < 4.78 is 20.2. The van der Waals surface area contributed by atoms with E-state index in [4.69, 9.17) is 19.6 Å². The first-order chi connectivity index (χ1) is 19.4. The Balaban J connectivity index is 1.43. The van der Waals surface area contributed by atoms with E-state index in [-0.39, 0.29) is 36.6 Å². The van der Waals surface area contributed by atoms with E-state index in [9.17, 15) is 9.59 Å². The summed E-state index contributed by atoms with van der Waals surface area (Å²) in [6, 6.07) is 14.4. The molecule has 0 bridgehead atoms. The number of hydrogen-bond donors (Lipinski definition) is 2. The molecule has 3 heterocycles. The van der Waals surface area contributed by atoms with Crippen LogP contribution in [-0.4, -0.2) is 48.5 Å². The largest absolute Gasteiger partial charge is 0.494 e. The van der Waals surface area contributed by atoms with Crippen molar-refractivity contribution in [3.63, 3.8) is 0 Å². The molecule has 13 heteroatoms. The van der Waals surface area contributed by atoms with Crippen molar-refractivity contribution in [3.05, 3.63) is 76.9 Å². The van der Waals surface area contributed by atoms with Crippen LogP contribution >= 0.6 is 0 Å². The Hall–Kier alpha value is -5.20. The number of anilines is 1. The first-order valence-corrected chi connectivity index (χ1v) is 12.6. The highest BCUT2D eigenvalue weighted by atomic mass is 16.6. The molecule has 0 aliphatic carbocycles. The fraction of sp³-hybridized carbons (Fsp3) is 0.259. The van der Waals surface area contributed by atoms with Crippen LogP contribution in [0.1, 0.15) is 44.9 Å². The summed E-state index contributed by atoms with van der Waals surface area (Å²) in [6.07, 6.45) is 0.345. The second-order valence-electron chi connectivity index (χ2n) is 8.92. The van der Waals surface area contributed by atoms with E-state index < -0.39 is 5.91 Å². The van der Waals surface area contributed by atoms with Crippen LogP contribution in [-0.2, 0) is 26.1 Å². The highest BCUT2D eigenvalue weighted by Gasteiger charge is 2.22.